The van der Waals surface area contributed by atoms with Gasteiger partial charge in [-0.15, -0.1) is 0 Å². The van der Waals surface area contributed by atoms with E-state index in [1.54, 1.807) is 21.1 Å². The molecule has 0 rings (SSSR count). The number of hydrogen-bond acceptors (Lipinski definition) is 7. The first-order valence-corrected chi connectivity index (χ1v) is 17.7. The molecule has 0 aliphatic heterocycles. The van der Waals surface area contributed by atoms with Crippen molar-refractivity contribution in [2.75, 3.05) is 41.0 Å². The fourth-order valence-corrected chi connectivity index (χ4v) is 4.66. The minimum Gasteiger partial charge on any atom is -0.544 e. The predicted molar refractivity (Wildman–Crippen MR) is 185 cm³/mol. The average Bonchev–Trinajstić information content (AvgIpc) is 3.00. The molecule has 0 N–H and O–H groups in total. The van der Waals surface area contributed by atoms with Crippen LogP contribution in [0.15, 0.2) is 48.6 Å². The van der Waals surface area contributed by atoms with E-state index in [1.165, 1.54) is 19.3 Å². The fraction of sp³-hybridized carbons (Fsp3) is 0.711. The Kier molecular flexibility index (Phi) is 27.9. The highest BCUT2D eigenvalue weighted by Crippen LogP contribution is 2.11. The number of carbonyl (C=O) groups is 3. The molecule has 8 heteroatoms. The summed E-state index contributed by atoms with van der Waals surface area (Å²) in [4.78, 5) is 36.5. The van der Waals surface area contributed by atoms with E-state index in [-0.39, 0.29) is 49.1 Å². The largest absolute Gasteiger partial charge is 0.544 e. The lowest BCUT2D eigenvalue weighted by Crippen LogP contribution is -2.55. The Bertz CT molecular complexity index is 901. The van der Waals surface area contributed by atoms with Crippen LogP contribution in [0.25, 0.3) is 0 Å². The Hall–Kier alpha value is -2.71. The van der Waals surface area contributed by atoms with Crippen molar-refractivity contribution in [3.05, 3.63) is 48.6 Å². The molecule has 0 radical (unpaired) electrons. The Morgan fingerprint density at radius 1 is 0.674 bits per heavy atom. The predicted octanol–water partition coefficient (Wildman–Crippen LogP) is 7.18. The third kappa shape index (κ3) is 27.6. The van der Waals surface area contributed by atoms with Crippen molar-refractivity contribution < 1.29 is 38.2 Å². The number of esters is 2. The number of carbonyl (C=O) groups excluding carboxylic acids is 3. The van der Waals surface area contributed by atoms with E-state index in [1.807, 2.05) is 0 Å². The number of likely N-dealkylation sites (N-methyl/N-ethyl adjacent to an activating group) is 1. The molecule has 0 fully saturated rings. The molecule has 0 amide bonds. The first-order chi connectivity index (χ1) is 22.1. The summed E-state index contributed by atoms with van der Waals surface area (Å²) in [6.45, 7) is 4.40. The van der Waals surface area contributed by atoms with Gasteiger partial charge in [0.15, 0.2) is 6.10 Å². The molecule has 2 atom stereocenters. The number of allylic oxidation sites excluding steroid dienone is 8. The van der Waals surface area contributed by atoms with E-state index in [0.717, 1.165) is 64.2 Å². The molecule has 0 aromatic rings. The number of rotatable bonds is 30. The SMILES string of the molecule is CC/C=C/C/C=C/C/C=C/CCCC(=O)OC(COCCC(C(=O)[O-])[N+](C)(C)C)COC(=O)CCCCCCC/C=C/CCCC. The number of carboxylic acid groups (broad SMARTS) is 1. The third-order valence-electron chi connectivity index (χ3n) is 7.45. The zero-order valence-corrected chi connectivity index (χ0v) is 29.7. The van der Waals surface area contributed by atoms with Gasteiger partial charge in [-0.3, -0.25) is 9.59 Å². The number of unbranched alkanes of at least 4 members (excludes halogenated alkanes) is 8. The lowest BCUT2D eigenvalue weighted by atomic mass is 10.1. The van der Waals surface area contributed by atoms with Crippen LogP contribution in [0.3, 0.4) is 0 Å². The topological polar surface area (TPSA) is 102 Å². The maximum absolute atomic E-state index is 12.6. The van der Waals surface area contributed by atoms with Crippen LogP contribution >= 0.6 is 0 Å². The zero-order chi connectivity index (χ0) is 34.3. The second-order valence-corrected chi connectivity index (χ2v) is 12.7. The summed E-state index contributed by atoms with van der Waals surface area (Å²) in [5.74, 6) is -1.83. The summed E-state index contributed by atoms with van der Waals surface area (Å²) in [7, 11) is 5.36. The van der Waals surface area contributed by atoms with Crippen molar-refractivity contribution in [3.8, 4) is 0 Å². The van der Waals surface area contributed by atoms with Crippen molar-refractivity contribution in [1.82, 2.24) is 0 Å². The van der Waals surface area contributed by atoms with Crippen LogP contribution in [-0.2, 0) is 28.6 Å². The zero-order valence-electron chi connectivity index (χ0n) is 29.7. The summed E-state index contributed by atoms with van der Waals surface area (Å²) in [6, 6.07) is -0.734. The summed E-state index contributed by atoms with van der Waals surface area (Å²) < 4.78 is 16.9. The number of quaternary nitrogens is 1. The monoisotopic (exact) mass is 647 g/mol. The molecular weight excluding hydrogens is 582 g/mol. The molecule has 0 aromatic carbocycles. The standard InChI is InChI=1S/C38H65NO7/c1-6-8-10-12-14-16-18-20-22-24-26-28-36(40)45-33-34(32-44-31-30-35(38(42)43)39(3,4)5)46-37(41)29-27-25-23-21-19-17-15-13-11-9-7-2/h9,11-12,14-15,17,21,23,34-35H,6-8,10,13,16,18-20,22,24-33H2,1-5H3/b11-9+,14-12+,17-15+,23-21+. The molecule has 2 unspecified atom stereocenters. The molecular formula is C38H65NO7. The van der Waals surface area contributed by atoms with Crippen LogP contribution in [0, 0.1) is 0 Å². The van der Waals surface area contributed by atoms with Gasteiger partial charge in [0.05, 0.1) is 40.3 Å². The van der Waals surface area contributed by atoms with Crippen molar-refractivity contribution >= 4 is 17.9 Å². The number of carboxylic acids is 1. The fourth-order valence-electron chi connectivity index (χ4n) is 4.66. The smallest absolute Gasteiger partial charge is 0.306 e. The van der Waals surface area contributed by atoms with Crippen molar-refractivity contribution in [1.29, 1.82) is 0 Å². The molecule has 0 aliphatic carbocycles. The van der Waals surface area contributed by atoms with Crippen molar-refractivity contribution in [2.45, 2.75) is 135 Å². The second kappa shape index (κ2) is 29.7. The normalized spacial score (nSPS) is 13.7. The highest BCUT2D eigenvalue weighted by atomic mass is 16.6. The molecule has 46 heavy (non-hydrogen) atoms. The third-order valence-corrected chi connectivity index (χ3v) is 7.45. The lowest BCUT2D eigenvalue weighted by molar-refractivity contribution is -0.889. The Labute approximate surface area is 280 Å². The van der Waals surface area contributed by atoms with Gasteiger partial charge < -0.3 is 28.6 Å². The average molecular weight is 648 g/mol. The van der Waals surface area contributed by atoms with Gasteiger partial charge in [-0.2, -0.15) is 0 Å². The first kappa shape index (κ1) is 43.3. The van der Waals surface area contributed by atoms with E-state index in [2.05, 4.69) is 62.5 Å². The second-order valence-electron chi connectivity index (χ2n) is 12.7. The minimum atomic E-state index is -1.14. The number of nitrogens with zero attached hydrogens (tertiary/aromatic N) is 1. The van der Waals surface area contributed by atoms with Gasteiger partial charge in [-0.1, -0.05) is 94.6 Å². The van der Waals surface area contributed by atoms with Crippen LogP contribution in [-0.4, -0.2) is 75.5 Å². The highest BCUT2D eigenvalue weighted by Gasteiger charge is 2.25. The lowest BCUT2D eigenvalue weighted by Gasteiger charge is -2.34. The van der Waals surface area contributed by atoms with Gasteiger partial charge in [-0.05, 0) is 57.8 Å². The van der Waals surface area contributed by atoms with E-state index in [0.29, 0.717) is 12.8 Å². The summed E-state index contributed by atoms with van der Waals surface area (Å²) in [5.41, 5.74) is 0. The van der Waals surface area contributed by atoms with Crippen LogP contribution in [0.4, 0.5) is 0 Å². The Morgan fingerprint density at radius 3 is 1.89 bits per heavy atom. The Balaban J connectivity index is 4.57. The van der Waals surface area contributed by atoms with Crippen LogP contribution in [0.2, 0.25) is 0 Å². The number of aliphatic carboxylic acids is 1. The number of hydrogen-bond donors (Lipinski definition) is 0. The number of ether oxygens (including phenoxy) is 3. The van der Waals surface area contributed by atoms with Gasteiger partial charge in [0.25, 0.3) is 0 Å². The molecule has 0 heterocycles. The highest BCUT2D eigenvalue weighted by molar-refractivity contribution is 5.70. The molecule has 0 spiro atoms. The van der Waals surface area contributed by atoms with E-state index in [4.69, 9.17) is 14.2 Å². The molecule has 0 saturated carbocycles. The minimum absolute atomic E-state index is 0.0164. The van der Waals surface area contributed by atoms with Gasteiger partial charge >= 0.3 is 11.9 Å². The van der Waals surface area contributed by atoms with E-state index in [9.17, 15) is 19.5 Å². The van der Waals surface area contributed by atoms with Crippen molar-refractivity contribution in [2.24, 2.45) is 0 Å². The van der Waals surface area contributed by atoms with Crippen LogP contribution in [0.5, 0.6) is 0 Å². The quantitative estimate of drug-likeness (QED) is 0.0352. The molecule has 0 saturated heterocycles. The summed E-state index contributed by atoms with van der Waals surface area (Å²) >= 11 is 0. The molecule has 8 nitrogen and oxygen atoms in total. The molecule has 264 valence electrons. The van der Waals surface area contributed by atoms with E-state index >= 15 is 0 Å². The van der Waals surface area contributed by atoms with Gasteiger partial charge in [0.2, 0.25) is 0 Å². The van der Waals surface area contributed by atoms with E-state index < -0.39 is 18.1 Å². The maximum atomic E-state index is 12.6. The van der Waals surface area contributed by atoms with Crippen molar-refractivity contribution in [3.63, 3.8) is 0 Å². The van der Waals surface area contributed by atoms with Crippen LogP contribution in [0.1, 0.15) is 123 Å². The molecule has 0 aromatic heterocycles. The molecule has 0 aliphatic rings. The maximum Gasteiger partial charge on any atom is 0.306 e. The molecule has 0 bridgehead atoms. The van der Waals surface area contributed by atoms with Gasteiger partial charge in [0.1, 0.15) is 12.6 Å². The van der Waals surface area contributed by atoms with Gasteiger partial charge in [0, 0.05) is 19.3 Å². The summed E-state index contributed by atoms with van der Waals surface area (Å²) in [5, 5.41) is 11.5. The summed E-state index contributed by atoms with van der Waals surface area (Å²) in [6.07, 6.45) is 31.5. The first-order valence-electron chi connectivity index (χ1n) is 17.7. The van der Waals surface area contributed by atoms with Gasteiger partial charge in [-0.25, -0.2) is 0 Å². The Morgan fingerprint density at radius 2 is 1.24 bits per heavy atom. The van der Waals surface area contributed by atoms with Crippen LogP contribution < -0.4 is 5.11 Å².